The molecule has 1 nitrogen and oxygen atoms in total. The van der Waals surface area contributed by atoms with E-state index >= 15 is 0 Å². The first-order valence-corrected chi connectivity index (χ1v) is 4.57. The van der Waals surface area contributed by atoms with Crippen LogP contribution in [0.2, 0.25) is 0 Å². The molecule has 0 unspecified atom stereocenters. The number of halogens is 1. The van der Waals surface area contributed by atoms with Crippen LogP contribution in [0.5, 0.6) is 0 Å². The first-order valence-electron chi connectivity index (χ1n) is 3.65. The molecule has 0 radical (unpaired) electrons. The maximum Gasteiger partial charge on any atom is 0.159 e. The Morgan fingerprint density at radius 3 is 3.00 bits per heavy atom. The van der Waals surface area contributed by atoms with Crippen LogP contribution >= 0.6 is 15.9 Å². The zero-order chi connectivity index (χ0) is 7.14. The lowest BCUT2D eigenvalue weighted by molar-refractivity contribution is -0.118. The number of carbonyl (C=O) groups is 1. The van der Waals surface area contributed by atoms with Gasteiger partial charge in [0.05, 0.1) is 0 Å². The van der Waals surface area contributed by atoms with E-state index in [2.05, 4.69) is 15.9 Å². The third-order valence-corrected chi connectivity index (χ3v) is 3.79. The number of hydrogen-bond acceptors (Lipinski definition) is 1. The van der Waals surface area contributed by atoms with Crippen LogP contribution in [0.15, 0.2) is 12.2 Å². The molecule has 10 heavy (non-hydrogen) atoms. The number of fused-ring (bicyclic) bond motifs is 2. The summed E-state index contributed by atoms with van der Waals surface area (Å²) in [5, 5.41) is 0. The topological polar surface area (TPSA) is 17.1 Å². The lowest BCUT2D eigenvalue weighted by atomic mass is 9.94. The number of rotatable bonds is 0. The normalized spacial score (nSPS) is 44.5. The van der Waals surface area contributed by atoms with Crippen LogP contribution in [0.25, 0.3) is 0 Å². The zero-order valence-electron chi connectivity index (χ0n) is 5.59. The molecule has 0 aromatic carbocycles. The van der Waals surface area contributed by atoms with E-state index in [0.717, 1.165) is 6.42 Å². The third-order valence-electron chi connectivity index (χ3n) is 2.48. The quantitative estimate of drug-likeness (QED) is 0.547. The van der Waals surface area contributed by atoms with Gasteiger partial charge in [0.2, 0.25) is 0 Å². The highest BCUT2D eigenvalue weighted by molar-refractivity contribution is 9.09. The van der Waals surface area contributed by atoms with Gasteiger partial charge >= 0.3 is 0 Å². The number of ketones is 1. The smallest absolute Gasteiger partial charge is 0.159 e. The Balaban J connectivity index is 2.33. The molecule has 1 fully saturated rings. The van der Waals surface area contributed by atoms with Gasteiger partial charge in [-0.25, -0.2) is 0 Å². The SMILES string of the molecule is O=C1C=C[C@@H]2CC[C@H]1[C@H]2Br. The van der Waals surface area contributed by atoms with Gasteiger partial charge in [0, 0.05) is 10.7 Å². The first-order chi connectivity index (χ1) is 4.79. The van der Waals surface area contributed by atoms with Crippen molar-refractivity contribution < 1.29 is 4.79 Å². The molecular weight excluding hydrogens is 192 g/mol. The minimum Gasteiger partial charge on any atom is -0.295 e. The minimum absolute atomic E-state index is 0.287. The predicted molar refractivity (Wildman–Crippen MR) is 43.1 cm³/mol. The molecule has 0 heterocycles. The van der Waals surface area contributed by atoms with Crippen LogP contribution in [0.3, 0.4) is 0 Å². The van der Waals surface area contributed by atoms with E-state index in [1.165, 1.54) is 6.42 Å². The molecule has 2 aliphatic carbocycles. The van der Waals surface area contributed by atoms with Crippen molar-refractivity contribution >= 4 is 21.7 Å². The van der Waals surface area contributed by atoms with Gasteiger partial charge < -0.3 is 0 Å². The molecule has 0 saturated heterocycles. The molecule has 0 amide bonds. The molecule has 2 rings (SSSR count). The van der Waals surface area contributed by atoms with Crippen molar-refractivity contribution in [1.29, 1.82) is 0 Å². The zero-order valence-corrected chi connectivity index (χ0v) is 7.17. The fraction of sp³-hybridized carbons (Fsp3) is 0.625. The summed E-state index contributed by atoms with van der Waals surface area (Å²) in [6.45, 7) is 0. The van der Waals surface area contributed by atoms with E-state index in [1.807, 2.05) is 6.08 Å². The Kier molecular flexibility index (Phi) is 1.44. The van der Waals surface area contributed by atoms with E-state index in [0.29, 0.717) is 16.5 Å². The van der Waals surface area contributed by atoms with Crippen molar-refractivity contribution in [2.24, 2.45) is 11.8 Å². The molecule has 3 atom stereocenters. The van der Waals surface area contributed by atoms with Crippen LogP contribution in [0.4, 0.5) is 0 Å². The summed E-state index contributed by atoms with van der Waals surface area (Å²) < 4.78 is 0. The van der Waals surface area contributed by atoms with E-state index < -0.39 is 0 Å². The lowest BCUT2D eigenvalue weighted by Crippen LogP contribution is -2.23. The number of hydrogen-bond donors (Lipinski definition) is 0. The van der Waals surface area contributed by atoms with E-state index in [4.69, 9.17) is 0 Å². The van der Waals surface area contributed by atoms with Gasteiger partial charge in [0.25, 0.3) is 0 Å². The summed E-state index contributed by atoms with van der Waals surface area (Å²) in [5.74, 6) is 1.23. The van der Waals surface area contributed by atoms with Gasteiger partial charge in [-0.2, -0.15) is 0 Å². The average Bonchev–Trinajstić information content (AvgIpc) is 2.13. The third kappa shape index (κ3) is 0.782. The van der Waals surface area contributed by atoms with E-state index in [-0.39, 0.29) is 5.92 Å². The second kappa shape index (κ2) is 2.19. The molecule has 54 valence electrons. The van der Waals surface area contributed by atoms with Crippen molar-refractivity contribution in [3.63, 3.8) is 0 Å². The van der Waals surface area contributed by atoms with E-state index in [9.17, 15) is 4.79 Å². The molecule has 0 spiro atoms. The van der Waals surface area contributed by atoms with Crippen LogP contribution < -0.4 is 0 Å². The molecule has 2 bridgehead atoms. The standard InChI is InChI=1S/C8H9BrO/c9-8-5-1-3-6(8)7(10)4-2-5/h2,4-6,8H,1,3H2/t5-,6+,8-/m0/s1. The summed E-state index contributed by atoms with van der Waals surface area (Å²) in [7, 11) is 0. The van der Waals surface area contributed by atoms with Gasteiger partial charge in [-0.05, 0) is 24.8 Å². The average molecular weight is 201 g/mol. The van der Waals surface area contributed by atoms with Crippen molar-refractivity contribution in [3.8, 4) is 0 Å². The second-order valence-electron chi connectivity index (χ2n) is 3.05. The number of carbonyl (C=O) groups excluding carboxylic acids is 1. The molecule has 2 aliphatic rings. The predicted octanol–water partition coefficient (Wildman–Crippen LogP) is 1.91. The first kappa shape index (κ1) is 6.59. The summed E-state index contributed by atoms with van der Waals surface area (Å²) in [5.41, 5.74) is 0. The van der Waals surface area contributed by atoms with Gasteiger partial charge in [0.1, 0.15) is 0 Å². The maximum absolute atomic E-state index is 11.1. The Labute approximate surface area is 68.6 Å². The Hall–Kier alpha value is -0.110. The molecule has 0 aromatic heterocycles. The number of alkyl halides is 1. The van der Waals surface area contributed by atoms with Gasteiger partial charge in [0.15, 0.2) is 5.78 Å². The van der Waals surface area contributed by atoms with Crippen LogP contribution in [0.1, 0.15) is 12.8 Å². The Morgan fingerprint density at radius 1 is 1.50 bits per heavy atom. The van der Waals surface area contributed by atoms with Crippen LogP contribution in [-0.2, 0) is 4.79 Å². The summed E-state index contributed by atoms with van der Waals surface area (Å²) in [4.78, 5) is 11.6. The van der Waals surface area contributed by atoms with Crippen molar-refractivity contribution in [2.45, 2.75) is 17.7 Å². The van der Waals surface area contributed by atoms with E-state index in [1.54, 1.807) is 6.08 Å². The van der Waals surface area contributed by atoms with Crippen LogP contribution in [-0.4, -0.2) is 10.6 Å². The maximum atomic E-state index is 11.1. The monoisotopic (exact) mass is 200 g/mol. The fourth-order valence-electron chi connectivity index (χ4n) is 1.83. The molecule has 0 N–H and O–H groups in total. The molecule has 1 saturated carbocycles. The highest BCUT2D eigenvalue weighted by atomic mass is 79.9. The van der Waals surface area contributed by atoms with Crippen LogP contribution in [0, 0.1) is 11.8 Å². The minimum atomic E-state index is 0.287. The Bertz CT molecular complexity index is 197. The summed E-state index contributed by atoms with van der Waals surface area (Å²) >= 11 is 3.55. The molecule has 0 aromatic rings. The highest BCUT2D eigenvalue weighted by Crippen LogP contribution is 2.41. The van der Waals surface area contributed by atoms with Crippen molar-refractivity contribution in [3.05, 3.63) is 12.2 Å². The van der Waals surface area contributed by atoms with Crippen molar-refractivity contribution in [1.82, 2.24) is 0 Å². The largest absolute Gasteiger partial charge is 0.295 e. The van der Waals surface area contributed by atoms with Gasteiger partial charge in [-0.3, -0.25) is 4.79 Å². The summed E-state index contributed by atoms with van der Waals surface area (Å²) in [6, 6.07) is 0. The summed E-state index contributed by atoms with van der Waals surface area (Å²) in [6.07, 6.45) is 6.06. The second-order valence-corrected chi connectivity index (χ2v) is 4.11. The molecule has 2 heteroatoms. The lowest BCUT2D eigenvalue weighted by Gasteiger charge is -2.18. The molecular formula is C8H9BrO. The number of allylic oxidation sites excluding steroid dienone is 2. The Morgan fingerprint density at radius 2 is 2.30 bits per heavy atom. The fourth-order valence-corrected chi connectivity index (χ4v) is 2.80. The van der Waals surface area contributed by atoms with Gasteiger partial charge in [-0.1, -0.05) is 22.0 Å². The molecule has 0 aliphatic heterocycles. The highest BCUT2D eigenvalue weighted by Gasteiger charge is 2.38. The van der Waals surface area contributed by atoms with Gasteiger partial charge in [-0.15, -0.1) is 0 Å². The van der Waals surface area contributed by atoms with Crippen molar-refractivity contribution in [2.75, 3.05) is 0 Å².